The third kappa shape index (κ3) is 2.71. The number of benzene rings is 1. The van der Waals surface area contributed by atoms with Crippen LogP contribution in [-0.4, -0.2) is 5.11 Å². The maximum Gasteiger partial charge on any atom is 0.126 e. The van der Waals surface area contributed by atoms with Crippen molar-refractivity contribution < 1.29 is 13.9 Å². The van der Waals surface area contributed by atoms with Crippen molar-refractivity contribution in [3.05, 3.63) is 53.7 Å². The van der Waals surface area contributed by atoms with Gasteiger partial charge in [-0.25, -0.2) is 4.39 Å². The molecule has 0 aliphatic carbocycles. The van der Waals surface area contributed by atoms with Crippen molar-refractivity contribution in [3.8, 4) is 5.75 Å². The number of rotatable bonds is 4. The van der Waals surface area contributed by atoms with Gasteiger partial charge < -0.3 is 14.8 Å². The van der Waals surface area contributed by atoms with Crippen LogP contribution in [0, 0.1) is 5.82 Å². The van der Waals surface area contributed by atoms with Gasteiger partial charge in [0, 0.05) is 17.7 Å². The Labute approximate surface area is 105 Å². The number of hydrogen-bond acceptors (Lipinski definition) is 3. The van der Waals surface area contributed by atoms with Crippen LogP contribution in [0.1, 0.15) is 37.3 Å². The summed E-state index contributed by atoms with van der Waals surface area (Å²) in [6.45, 7) is 3.88. The summed E-state index contributed by atoms with van der Waals surface area (Å²) in [6.07, 6.45) is 1.62. The van der Waals surface area contributed by atoms with E-state index in [-0.39, 0.29) is 17.8 Å². The van der Waals surface area contributed by atoms with Crippen molar-refractivity contribution in [1.29, 1.82) is 0 Å². The Bertz CT molecular complexity index is 511. The third-order valence-electron chi connectivity index (χ3n) is 2.93. The highest BCUT2D eigenvalue weighted by Gasteiger charge is 2.15. The lowest BCUT2D eigenvalue weighted by Crippen LogP contribution is -2.22. The summed E-state index contributed by atoms with van der Waals surface area (Å²) >= 11 is 0. The number of nitrogens with one attached hydrogen (secondary N) is 1. The fourth-order valence-corrected chi connectivity index (χ4v) is 1.97. The molecule has 2 unspecified atom stereocenters. The van der Waals surface area contributed by atoms with Gasteiger partial charge in [-0.3, -0.25) is 0 Å². The van der Waals surface area contributed by atoms with Crippen molar-refractivity contribution >= 4 is 0 Å². The van der Waals surface area contributed by atoms with Gasteiger partial charge in [0.25, 0.3) is 0 Å². The van der Waals surface area contributed by atoms with Gasteiger partial charge in [0.15, 0.2) is 0 Å². The predicted molar refractivity (Wildman–Crippen MR) is 66.7 cm³/mol. The molecule has 2 rings (SSSR count). The quantitative estimate of drug-likeness (QED) is 0.871. The van der Waals surface area contributed by atoms with Gasteiger partial charge >= 0.3 is 0 Å². The van der Waals surface area contributed by atoms with Crippen LogP contribution in [-0.2, 0) is 0 Å². The highest BCUT2D eigenvalue weighted by Crippen LogP contribution is 2.27. The van der Waals surface area contributed by atoms with E-state index in [0.717, 1.165) is 11.8 Å². The molecule has 3 nitrogen and oxygen atoms in total. The molecule has 0 fully saturated rings. The van der Waals surface area contributed by atoms with Gasteiger partial charge in [0.05, 0.1) is 12.3 Å². The summed E-state index contributed by atoms with van der Waals surface area (Å²) in [5, 5.41) is 13.0. The van der Waals surface area contributed by atoms with Crippen LogP contribution < -0.4 is 5.32 Å². The molecule has 2 aromatic rings. The molecule has 0 amide bonds. The first-order valence-electron chi connectivity index (χ1n) is 5.86. The Balaban J connectivity index is 2.10. The summed E-state index contributed by atoms with van der Waals surface area (Å²) in [4.78, 5) is 0. The molecule has 0 radical (unpaired) electrons. The van der Waals surface area contributed by atoms with Gasteiger partial charge in [-0.2, -0.15) is 0 Å². The van der Waals surface area contributed by atoms with Crippen molar-refractivity contribution in [2.45, 2.75) is 25.9 Å². The van der Waals surface area contributed by atoms with E-state index < -0.39 is 5.82 Å². The zero-order valence-corrected chi connectivity index (χ0v) is 10.4. The lowest BCUT2D eigenvalue weighted by Gasteiger charge is -2.19. The first-order valence-corrected chi connectivity index (χ1v) is 5.86. The standard InChI is InChI=1S/C14H16FNO2/c1-9(12-6-5-11(15)8-13(12)17)16-10(2)14-4-3-7-18-14/h3-10,16-17H,1-2H3. The fraction of sp³-hybridized carbons (Fsp3) is 0.286. The van der Waals surface area contributed by atoms with E-state index in [4.69, 9.17) is 4.42 Å². The molecule has 0 aliphatic heterocycles. The van der Waals surface area contributed by atoms with Crippen molar-refractivity contribution in [3.63, 3.8) is 0 Å². The van der Waals surface area contributed by atoms with Gasteiger partial charge in [-0.1, -0.05) is 6.07 Å². The van der Waals surface area contributed by atoms with Crippen molar-refractivity contribution in [2.24, 2.45) is 0 Å². The van der Waals surface area contributed by atoms with Crippen molar-refractivity contribution in [1.82, 2.24) is 5.32 Å². The van der Waals surface area contributed by atoms with Gasteiger partial charge in [0.1, 0.15) is 17.3 Å². The largest absolute Gasteiger partial charge is 0.508 e. The Morgan fingerprint density at radius 1 is 1.22 bits per heavy atom. The maximum absolute atomic E-state index is 12.9. The fourth-order valence-electron chi connectivity index (χ4n) is 1.97. The van der Waals surface area contributed by atoms with Crippen LogP contribution in [0.4, 0.5) is 4.39 Å². The Morgan fingerprint density at radius 3 is 2.61 bits per heavy atom. The topological polar surface area (TPSA) is 45.4 Å². The molecule has 18 heavy (non-hydrogen) atoms. The normalized spacial score (nSPS) is 14.4. The van der Waals surface area contributed by atoms with Gasteiger partial charge in [0.2, 0.25) is 0 Å². The van der Waals surface area contributed by atoms with E-state index in [0.29, 0.717) is 5.56 Å². The molecule has 96 valence electrons. The molecule has 1 aromatic heterocycles. The number of phenols is 1. The highest BCUT2D eigenvalue weighted by molar-refractivity contribution is 5.35. The molecular weight excluding hydrogens is 233 g/mol. The van der Waals surface area contributed by atoms with E-state index in [1.807, 2.05) is 26.0 Å². The first-order chi connectivity index (χ1) is 8.58. The molecule has 0 aliphatic rings. The number of aromatic hydroxyl groups is 1. The number of phenolic OH excluding ortho intramolecular Hbond substituents is 1. The zero-order valence-electron chi connectivity index (χ0n) is 10.4. The van der Waals surface area contributed by atoms with E-state index in [2.05, 4.69) is 5.32 Å². The van der Waals surface area contributed by atoms with E-state index in [1.54, 1.807) is 12.3 Å². The van der Waals surface area contributed by atoms with Crippen LogP contribution in [0.3, 0.4) is 0 Å². The monoisotopic (exact) mass is 249 g/mol. The Morgan fingerprint density at radius 2 is 2.00 bits per heavy atom. The lowest BCUT2D eigenvalue weighted by atomic mass is 10.1. The predicted octanol–water partition coefficient (Wildman–Crippen LogP) is 3.54. The second kappa shape index (κ2) is 5.23. The second-order valence-corrected chi connectivity index (χ2v) is 4.33. The highest BCUT2D eigenvalue weighted by atomic mass is 19.1. The Kier molecular flexibility index (Phi) is 3.67. The van der Waals surface area contributed by atoms with E-state index in [9.17, 15) is 9.50 Å². The lowest BCUT2D eigenvalue weighted by molar-refractivity contribution is 0.391. The summed E-state index contributed by atoms with van der Waals surface area (Å²) in [6, 6.07) is 7.65. The van der Waals surface area contributed by atoms with Crippen molar-refractivity contribution in [2.75, 3.05) is 0 Å². The minimum absolute atomic E-state index is 0.0134. The Hall–Kier alpha value is -1.81. The molecule has 1 heterocycles. The average Bonchev–Trinajstić information content (AvgIpc) is 2.81. The maximum atomic E-state index is 12.9. The van der Waals surface area contributed by atoms with Crippen LogP contribution in [0.2, 0.25) is 0 Å². The summed E-state index contributed by atoms with van der Waals surface area (Å²) in [5.41, 5.74) is 0.662. The molecule has 0 spiro atoms. The molecular formula is C14H16FNO2. The SMILES string of the molecule is CC(NC(C)c1ccc(F)cc1O)c1ccco1. The third-order valence-corrected chi connectivity index (χ3v) is 2.93. The molecule has 0 saturated carbocycles. The van der Waals surface area contributed by atoms with Crippen LogP contribution in [0.25, 0.3) is 0 Å². The van der Waals surface area contributed by atoms with Crippen LogP contribution in [0.15, 0.2) is 41.0 Å². The smallest absolute Gasteiger partial charge is 0.126 e. The second-order valence-electron chi connectivity index (χ2n) is 4.33. The molecule has 0 saturated heterocycles. The summed E-state index contributed by atoms with van der Waals surface area (Å²) in [7, 11) is 0. The summed E-state index contributed by atoms with van der Waals surface area (Å²) in [5.74, 6) is 0.340. The molecule has 2 N–H and O–H groups in total. The molecule has 1 aromatic carbocycles. The van der Waals surface area contributed by atoms with Gasteiger partial charge in [-0.15, -0.1) is 0 Å². The average molecular weight is 249 g/mol. The number of hydrogen-bond donors (Lipinski definition) is 2. The zero-order chi connectivity index (χ0) is 13.1. The number of halogens is 1. The minimum atomic E-state index is -0.442. The van der Waals surface area contributed by atoms with Crippen LogP contribution in [0.5, 0.6) is 5.75 Å². The number of furan rings is 1. The summed E-state index contributed by atoms with van der Waals surface area (Å²) < 4.78 is 18.2. The van der Waals surface area contributed by atoms with E-state index in [1.165, 1.54) is 6.07 Å². The first kappa shape index (κ1) is 12.6. The van der Waals surface area contributed by atoms with Gasteiger partial charge in [-0.05, 0) is 32.0 Å². The molecule has 2 atom stereocenters. The molecule has 0 bridgehead atoms. The van der Waals surface area contributed by atoms with E-state index >= 15 is 0 Å². The van der Waals surface area contributed by atoms with Crippen LogP contribution >= 0.6 is 0 Å². The molecule has 4 heteroatoms. The minimum Gasteiger partial charge on any atom is -0.508 e.